The molecule has 114 valence electrons. The van der Waals surface area contributed by atoms with Gasteiger partial charge in [0.05, 0.1) is 28.5 Å². The Kier molecular flexibility index (Phi) is 2.87. The number of alkyl halides is 3. The maximum absolute atomic E-state index is 12.7. The van der Waals surface area contributed by atoms with Gasteiger partial charge >= 0.3 is 6.18 Å². The molecule has 0 unspecified atom stereocenters. The van der Waals surface area contributed by atoms with E-state index >= 15 is 0 Å². The van der Waals surface area contributed by atoms with E-state index < -0.39 is 11.7 Å². The molecule has 0 aliphatic carbocycles. The largest absolute Gasteiger partial charge is 0.416 e. The molecule has 0 saturated carbocycles. The van der Waals surface area contributed by atoms with E-state index in [-0.39, 0.29) is 5.52 Å². The van der Waals surface area contributed by atoms with Crippen molar-refractivity contribution in [2.45, 2.75) is 6.18 Å². The first-order valence-corrected chi connectivity index (χ1v) is 6.93. The van der Waals surface area contributed by atoms with Crippen LogP contribution in [-0.4, -0.2) is 15.0 Å². The molecule has 0 radical (unpaired) electrons. The van der Waals surface area contributed by atoms with E-state index in [1.165, 1.54) is 12.3 Å². The van der Waals surface area contributed by atoms with E-state index in [9.17, 15) is 13.2 Å². The molecule has 23 heavy (non-hydrogen) atoms. The molecule has 2 aromatic heterocycles. The smallest absolute Gasteiger partial charge is 0.360 e. The Morgan fingerprint density at radius 1 is 0.957 bits per heavy atom. The highest BCUT2D eigenvalue weighted by atomic mass is 19.4. The Balaban J connectivity index is 1.86. The lowest BCUT2D eigenvalue weighted by Crippen LogP contribution is -2.04. The molecule has 0 bridgehead atoms. The Bertz CT molecular complexity index is 1020. The Morgan fingerprint density at radius 3 is 2.61 bits per heavy atom. The predicted octanol–water partition coefficient (Wildman–Crippen LogP) is 4.80. The minimum Gasteiger partial charge on any atom is -0.360 e. The van der Waals surface area contributed by atoms with Crippen molar-refractivity contribution in [2.75, 3.05) is 0 Å². The van der Waals surface area contributed by atoms with Crippen LogP contribution >= 0.6 is 0 Å². The lowest BCUT2D eigenvalue weighted by Gasteiger charge is -2.07. The van der Waals surface area contributed by atoms with Crippen LogP contribution in [0.4, 0.5) is 13.2 Å². The van der Waals surface area contributed by atoms with Crippen molar-refractivity contribution in [2.24, 2.45) is 0 Å². The highest BCUT2D eigenvalue weighted by Gasteiger charge is 2.30. The van der Waals surface area contributed by atoms with Gasteiger partial charge in [-0.1, -0.05) is 18.2 Å². The molecule has 0 amide bonds. The Labute approximate surface area is 128 Å². The number of rotatable bonds is 1. The number of nitrogens with zero attached hydrogens (tertiary/aromatic N) is 2. The summed E-state index contributed by atoms with van der Waals surface area (Å²) in [4.78, 5) is 11.7. The van der Waals surface area contributed by atoms with E-state index in [1.807, 2.05) is 30.5 Å². The average molecular weight is 313 g/mol. The number of H-pyrrole nitrogens is 1. The number of hydrogen-bond acceptors (Lipinski definition) is 2. The molecule has 0 fully saturated rings. The van der Waals surface area contributed by atoms with Crippen LogP contribution in [0.5, 0.6) is 0 Å². The van der Waals surface area contributed by atoms with Crippen LogP contribution in [0.3, 0.4) is 0 Å². The number of fused-ring (bicyclic) bond motifs is 2. The third kappa shape index (κ3) is 2.32. The Morgan fingerprint density at radius 2 is 1.78 bits per heavy atom. The summed E-state index contributed by atoms with van der Waals surface area (Å²) in [6.07, 6.45) is -1.06. The van der Waals surface area contributed by atoms with Gasteiger partial charge in [0.15, 0.2) is 0 Å². The van der Waals surface area contributed by atoms with Gasteiger partial charge in [-0.2, -0.15) is 13.2 Å². The summed E-state index contributed by atoms with van der Waals surface area (Å²) in [5, 5.41) is 0.994. The number of aromatic nitrogens is 3. The summed E-state index contributed by atoms with van der Waals surface area (Å²) < 4.78 is 38.2. The van der Waals surface area contributed by atoms with E-state index in [1.54, 1.807) is 0 Å². The summed E-state index contributed by atoms with van der Waals surface area (Å²) in [7, 11) is 0. The third-order valence-corrected chi connectivity index (χ3v) is 3.73. The standard InChI is InChI=1S/C17H10F3N3/c18-17(19,20)10-5-6-14-15(7-10)22-9-16(23-14)12-8-21-13-4-2-1-3-11(12)13/h1-9,21H. The van der Waals surface area contributed by atoms with Crippen LogP contribution in [0.25, 0.3) is 33.2 Å². The molecule has 4 aromatic rings. The molecule has 1 N–H and O–H groups in total. The maximum atomic E-state index is 12.7. The molecule has 3 nitrogen and oxygen atoms in total. The lowest BCUT2D eigenvalue weighted by atomic mass is 10.1. The van der Waals surface area contributed by atoms with E-state index in [4.69, 9.17) is 0 Å². The zero-order chi connectivity index (χ0) is 16.0. The van der Waals surface area contributed by atoms with Crippen LogP contribution in [0, 0.1) is 0 Å². The topological polar surface area (TPSA) is 41.6 Å². The van der Waals surface area contributed by atoms with Crippen molar-refractivity contribution in [3.63, 3.8) is 0 Å². The van der Waals surface area contributed by atoms with Gasteiger partial charge in [-0.05, 0) is 24.3 Å². The van der Waals surface area contributed by atoms with E-state index in [0.717, 1.165) is 28.6 Å². The molecule has 6 heteroatoms. The monoisotopic (exact) mass is 313 g/mol. The van der Waals surface area contributed by atoms with Crippen LogP contribution in [0.2, 0.25) is 0 Å². The number of halogens is 3. The lowest BCUT2D eigenvalue weighted by molar-refractivity contribution is -0.137. The van der Waals surface area contributed by atoms with Gasteiger partial charge in [0.2, 0.25) is 0 Å². The van der Waals surface area contributed by atoms with Crippen LogP contribution in [0.15, 0.2) is 54.9 Å². The molecule has 0 aliphatic rings. The van der Waals surface area contributed by atoms with Crippen molar-refractivity contribution >= 4 is 21.9 Å². The molecule has 2 heterocycles. The van der Waals surface area contributed by atoms with E-state index in [0.29, 0.717) is 11.2 Å². The second kappa shape index (κ2) is 4.81. The summed E-state index contributed by atoms with van der Waals surface area (Å²) >= 11 is 0. The van der Waals surface area contributed by atoms with Crippen molar-refractivity contribution in [3.05, 3.63) is 60.4 Å². The number of aromatic amines is 1. The summed E-state index contributed by atoms with van der Waals surface area (Å²) in [5.74, 6) is 0. The van der Waals surface area contributed by atoms with Gasteiger partial charge in [0.1, 0.15) is 0 Å². The molecule has 0 atom stereocenters. The summed E-state index contributed by atoms with van der Waals surface area (Å²) in [6.45, 7) is 0. The quantitative estimate of drug-likeness (QED) is 0.548. The summed E-state index contributed by atoms with van der Waals surface area (Å²) in [5.41, 5.74) is 2.39. The van der Waals surface area contributed by atoms with Crippen molar-refractivity contribution in [1.82, 2.24) is 15.0 Å². The van der Waals surface area contributed by atoms with Gasteiger partial charge in [0, 0.05) is 22.7 Å². The van der Waals surface area contributed by atoms with Crippen LogP contribution in [-0.2, 0) is 6.18 Å². The van der Waals surface area contributed by atoms with Gasteiger partial charge in [-0.15, -0.1) is 0 Å². The number of hydrogen-bond donors (Lipinski definition) is 1. The fraction of sp³-hybridized carbons (Fsp3) is 0.0588. The molecule has 0 aliphatic heterocycles. The number of nitrogens with one attached hydrogen (secondary N) is 1. The molecule has 2 aromatic carbocycles. The van der Waals surface area contributed by atoms with Gasteiger partial charge < -0.3 is 4.98 Å². The van der Waals surface area contributed by atoms with Gasteiger partial charge in [0.25, 0.3) is 0 Å². The molecular weight excluding hydrogens is 303 g/mol. The molecule has 0 spiro atoms. The normalized spacial score (nSPS) is 12.1. The molecule has 4 rings (SSSR count). The maximum Gasteiger partial charge on any atom is 0.416 e. The first-order valence-electron chi connectivity index (χ1n) is 6.93. The van der Waals surface area contributed by atoms with Gasteiger partial charge in [-0.25, -0.2) is 4.98 Å². The zero-order valence-electron chi connectivity index (χ0n) is 11.7. The second-order valence-corrected chi connectivity index (χ2v) is 5.20. The second-order valence-electron chi connectivity index (χ2n) is 5.20. The molecular formula is C17H10F3N3. The van der Waals surface area contributed by atoms with Crippen molar-refractivity contribution in [1.29, 1.82) is 0 Å². The molecule has 0 saturated heterocycles. The minimum absolute atomic E-state index is 0.225. The first-order chi connectivity index (χ1) is 11.0. The van der Waals surface area contributed by atoms with E-state index in [2.05, 4.69) is 15.0 Å². The number of benzene rings is 2. The fourth-order valence-corrected chi connectivity index (χ4v) is 2.60. The van der Waals surface area contributed by atoms with Crippen LogP contribution in [0.1, 0.15) is 5.56 Å². The van der Waals surface area contributed by atoms with Gasteiger partial charge in [-0.3, -0.25) is 4.98 Å². The van der Waals surface area contributed by atoms with Crippen LogP contribution < -0.4 is 0 Å². The summed E-state index contributed by atoms with van der Waals surface area (Å²) in [6, 6.07) is 11.1. The predicted molar refractivity (Wildman–Crippen MR) is 81.8 cm³/mol. The first kappa shape index (κ1) is 13.8. The number of para-hydroxylation sites is 1. The fourth-order valence-electron chi connectivity index (χ4n) is 2.60. The van der Waals surface area contributed by atoms with Crippen molar-refractivity contribution < 1.29 is 13.2 Å². The highest BCUT2D eigenvalue weighted by molar-refractivity contribution is 5.95. The Hall–Kier alpha value is -2.89. The zero-order valence-corrected chi connectivity index (χ0v) is 11.7. The SMILES string of the molecule is FC(F)(F)c1ccc2nc(-c3c[nH]c4ccccc34)cnc2c1. The third-order valence-electron chi connectivity index (χ3n) is 3.73. The van der Waals surface area contributed by atoms with Crippen molar-refractivity contribution in [3.8, 4) is 11.3 Å². The average Bonchev–Trinajstić information content (AvgIpc) is 2.97. The minimum atomic E-state index is -4.38. The highest BCUT2D eigenvalue weighted by Crippen LogP contribution is 2.32.